The third-order valence-electron chi connectivity index (χ3n) is 2.84. The van der Waals surface area contributed by atoms with Crippen molar-refractivity contribution in [1.82, 2.24) is 25.0 Å². The molecule has 18 heavy (non-hydrogen) atoms. The average molecular weight is 242 g/mol. The van der Waals surface area contributed by atoms with Gasteiger partial charge >= 0.3 is 0 Å². The van der Waals surface area contributed by atoms with Gasteiger partial charge in [0.1, 0.15) is 5.82 Å². The summed E-state index contributed by atoms with van der Waals surface area (Å²) < 4.78 is 1.73. The van der Waals surface area contributed by atoms with E-state index in [1.54, 1.807) is 10.9 Å². The Morgan fingerprint density at radius 1 is 1.39 bits per heavy atom. The molecular weight excluding hydrogens is 228 g/mol. The molecule has 3 aromatic rings. The lowest BCUT2D eigenvalue weighted by atomic mass is 10.2. The van der Waals surface area contributed by atoms with E-state index in [0.717, 1.165) is 35.4 Å². The van der Waals surface area contributed by atoms with Crippen LogP contribution < -0.4 is 5.73 Å². The Morgan fingerprint density at radius 3 is 3.00 bits per heavy atom. The van der Waals surface area contributed by atoms with Gasteiger partial charge in [-0.2, -0.15) is 14.9 Å². The Labute approximate surface area is 104 Å². The van der Waals surface area contributed by atoms with E-state index in [2.05, 4.69) is 27.2 Å². The molecule has 0 radical (unpaired) electrons. The summed E-state index contributed by atoms with van der Waals surface area (Å²) in [5, 5.41) is 12.5. The molecule has 0 saturated carbocycles. The van der Waals surface area contributed by atoms with Crippen LogP contribution in [0.15, 0.2) is 24.4 Å². The number of H-pyrrole nitrogens is 1. The second kappa shape index (κ2) is 4.14. The van der Waals surface area contributed by atoms with Gasteiger partial charge in [0.25, 0.3) is 0 Å². The number of fused-ring (bicyclic) bond motifs is 1. The predicted molar refractivity (Wildman–Crippen MR) is 69.4 cm³/mol. The Balaban J connectivity index is 2.24. The number of hydrogen-bond donors (Lipinski definition) is 2. The van der Waals surface area contributed by atoms with Gasteiger partial charge < -0.3 is 5.73 Å². The van der Waals surface area contributed by atoms with E-state index < -0.39 is 0 Å². The van der Waals surface area contributed by atoms with Crippen LogP contribution in [0.3, 0.4) is 0 Å². The van der Waals surface area contributed by atoms with Crippen LogP contribution in [0.1, 0.15) is 19.0 Å². The van der Waals surface area contributed by atoms with Gasteiger partial charge in [0.05, 0.1) is 11.1 Å². The minimum atomic E-state index is 0.565. The molecule has 0 aliphatic carbocycles. The summed E-state index contributed by atoms with van der Waals surface area (Å²) in [7, 11) is 0. The summed E-state index contributed by atoms with van der Waals surface area (Å²) in [6.07, 6.45) is 3.62. The zero-order chi connectivity index (χ0) is 12.5. The van der Waals surface area contributed by atoms with Gasteiger partial charge in [0.2, 0.25) is 0 Å². The Bertz CT molecular complexity index is 667. The van der Waals surface area contributed by atoms with Crippen molar-refractivity contribution in [3.63, 3.8) is 0 Å². The summed E-state index contributed by atoms with van der Waals surface area (Å²) in [4.78, 5) is 4.29. The third kappa shape index (κ3) is 1.54. The number of nitrogens with one attached hydrogen (secondary N) is 1. The number of aromatic nitrogens is 5. The minimum absolute atomic E-state index is 0.565. The molecular formula is C12H14N6. The van der Waals surface area contributed by atoms with E-state index in [0.29, 0.717) is 5.82 Å². The fourth-order valence-electron chi connectivity index (χ4n) is 2.05. The van der Waals surface area contributed by atoms with Crippen molar-refractivity contribution in [2.24, 2.45) is 0 Å². The molecule has 0 atom stereocenters. The van der Waals surface area contributed by atoms with Gasteiger partial charge in [-0.05, 0) is 18.6 Å². The van der Waals surface area contributed by atoms with Crippen LogP contribution in [-0.2, 0) is 6.42 Å². The minimum Gasteiger partial charge on any atom is -0.383 e. The maximum absolute atomic E-state index is 5.91. The number of nitrogen functional groups attached to an aromatic ring is 1. The number of nitrogens with zero attached hydrogens (tertiary/aromatic N) is 4. The normalized spacial score (nSPS) is 11.2. The SMILES string of the molecule is CCCc1nn(-c2ccccn2)c2n[nH]c(N)c12. The number of aromatic amines is 1. The summed E-state index contributed by atoms with van der Waals surface area (Å²) in [6, 6.07) is 5.69. The number of aryl methyl sites for hydroxylation is 1. The van der Waals surface area contributed by atoms with Crippen molar-refractivity contribution in [3.8, 4) is 5.82 Å². The van der Waals surface area contributed by atoms with Crippen molar-refractivity contribution in [2.75, 3.05) is 5.73 Å². The molecule has 3 heterocycles. The highest BCUT2D eigenvalue weighted by Crippen LogP contribution is 2.24. The molecule has 0 fully saturated rings. The van der Waals surface area contributed by atoms with Gasteiger partial charge in [0, 0.05) is 6.20 Å². The van der Waals surface area contributed by atoms with Gasteiger partial charge in [-0.15, -0.1) is 0 Å². The van der Waals surface area contributed by atoms with Crippen molar-refractivity contribution >= 4 is 16.9 Å². The van der Waals surface area contributed by atoms with E-state index in [4.69, 9.17) is 5.73 Å². The van der Waals surface area contributed by atoms with Crippen molar-refractivity contribution in [2.45, 2.75) is 19.8 Å². The number of nitrogens with two attached hydrogens (primary N) is 1. The van der Waals surface area contributed by atoms with E-state index in [1.165, 1.54) is 0 Å². The highest BCUT2D eigenvalue weighted by molar-refractivity contribution is 5.89. The lowest BCUT2D eigenvalue weighted by Crippen LogP contribution is -2.00. The van der Waals surface area contributed by atoms with E-state index >= 15 is 0 Å². The van der Waals surface area contributed by atoms with Crippen LogP contribution in [0.25, 0.3) is 16.9 Å². The lowest BCUT2D eigenvalue weighted by Gasteiger charge is -1.98. The van der Waals surface area contributed by atoms with E-state index in [1.807, 2.05) is 18.2 Å². The second-order valence-electron chi connectivity index (χ2n) is 4.13. The Kier molecular flexibility index (Phi) is 2.47. The molecule has 0 aromatic carbocycles. The van der Waals surface area contributed by atoms with Gasteiger partial charge in [-0.25, -0.2) is 4.98 Å². The molecule has 6 nitrogen and oxygen atoms in total. The zero-order valence-electron chi connectivity index (χ0n) is 10.1. The van der Waals surface area contributed by atoms with Gasteiger partial charge in [0.15, 0.2) is 11.5 Å². The smallest absolute Gasteiger partial charge is 0.188 e. The fraction of sp³-hybridized carbons (Fsp3) is 0.250. The first-order valence-electron chi connectivity index (χ1n) is 5.94. The molecule has 3 rings (SSSR count). The molecule has 3 N–H and O–H groups in total. The monoisotopic (exact) mass is 242 g/mol. The van der Waals surface area contributed by atoms with Crippen LogP contribution in [0, 0.1) is 0 Å². The molecule has 0 spiro atoms. The number of hydrogen-bond acceptors (Lipinski definition) is 4. The van der Waals surface area contributed by atoms with Crippen LogP contribution in [0.2, 0.25) is 0 Å². The third-order valence-corrected chi connectivity index (χ3v) is 2.84. The largest absolute Gasteiger partial charge is 0.383 e. The molecule has 0 unspecified atom stereocenters. The Hall–Kier alpha value is -2.37. The molecule has 0 aliphatic rings. The number of anilines is 1. The number of rotatable bonds is 3. The molecule has 6 heteroatoms. The first kappa shape index (κ1) is 10.8. The van der Waals surface area contributed by atoms with E-state index in [-0.39, 0.29) is 0 Å². The van der Waals surface area contributed by atoms with Crippen LogP contribution in [0.4, 0.5) is 5.82 Å². The van der Waals surface area contributed by atoms with Crippen LogP contribution in [-0.4, -0.2) is 25.0 Å². The standard InChI is InChI=1S/C12H14N6/c1-2-5-8-10-11(13)15-16-12(10)18(17-8)9-6-3-4-7-14-9/h3-4,6-7H,2,5H2,1H3,(H3,13,15,16). The zero-order valence-corrected chi connectivity index (χ0v) is 10.1. The second-order valence-corrected chi connectivity index (χ2v) is 4.13. The van der Waals surface area contributed by atoms with Crippen molar-refractivity contribution in [3.05, 3.63) is 30.1 Å². The maximum Gasteiger partial charge on any atom is 0.188 e. The Morgan fingerprint density at radius 2 is 2.28 bits per heavy atom. The summed E-state index contributed by atoms with van der Waals surface area (Å²) in [5.74, 6) is 1.31. The van der Waals surface area contributed by atoms with Crippen molar-refractivity contribution < 1.29 is 0 Å². The number of pyridine rings is 1. The fourth-order valence-corrected chi connectivity index (χ4v) is 2.05. The van der Waals surface area contributed by atoms with Gasteiger partial charge in [-0.1, -0.05) is 19.4 Å². The van der Waals surface area contributed by atoms with E-state index in [9.17, 15) is 0 Å². The van der Waals surface area contributed by atoms with Gasteiger partial charge in [-0.3, -0.25) is 5.10 Å². The molecule has 0 aliphatic heterocycles. The molecule has 0 amide bonds. The topological polar surface area (TPSA) is 85.4 Å². The first-order valence-corrected chi connectivity index (χ1v) is 5.94. The van der Waals surface area contributed by atoms with Crippen LogP contribution >= 0.6 is 0 Å². The summed E-state index contributed by atoms with van der Waals surface area (Å²) in [6.45, 7) is 2.11. The highest BCUT2D eigenvalue weighted by Gasteiger charge is 2.17. The average Bonchev–Trinajstić information content (AvgIpc) is 2.94. The highest BCUT2D eigenvalue weighted by atomic mass is 15.4. The van der Waals surface area contributed by atoms with Crippen LogP contribution in [0.5, 0.6) is 0 Å². The summed E-state index contributed by atoms with van der Waals surface area (Å²) >= 11 is 0. The lowest BCUT2D eigenvalue weighted by molar-refractivity contribution is 0.794. The first-order chi connectivity index (χ1) is 8.81. The maximum atomic E-state index is 5.91. The molecule has 0 bridgehead atoms. The molecule has 3 aromatic heterocycles. The molecule has 0 saturated heterocycles. The van der Waals surface area contributed by atoms with Crippen molar-refractivity contribution in [1.29, 1.82) is 0 Å². The quantitative estimate of drug-likeness (QED) is 0.731. The predicted octanol–water partition coefficient (Wildman–Crippen LogP) is 1.68. The molecule has 92 valence electrons. The summed E-state index contributed by atoms with van der Waals surface area (Å²) in [5.41, 5.74) is 7.60.